The van der Waals surface area contributed by atoms with Crippen LogP contribution in [0.4, 0.5) is 0 Å². The van der Waals surface area contributed by atoms with Crippen molar-refractivity contribution in [3.63, 3.8) is 0 Å². The van der Waals surface area contributed by atoms with Crippen molar-refractivity contribution >= 4 is 18.9 Å². The van der Waals surface area contributed by atoms with Gasteiger partial charge in [0, 0.05) is 18.9 Å². The minimum atomic E-state index is 0. The van der Waals surface area contributed by atoms with E-state index in [1.165, 1.54) is 64.2 Å². The average Bonchev–Trinajstić information content (AvgIpc) is 2.81. The van der Waals surface area contributed by atoms with Crippen molar-refractivity contribution < 1.29 is 33.9 Å². The van der Waals surface area contributed by atoms with Crippen LogP contribution >= 0.6 is 0 Å². The third-order valence-electron chi connectivity index (χ3n) is 6.35. The van der Waals surface area contributed by atoms with Gasteiger partial charge in [-0.25, -0.2) is 0 Å². The molecule has 4 nitrogen and oxygen atoms in total. The Morgan fingerprint density at radius 3 is 1.22 bits per heavy atom. The molecule has 0 saturated heterocycles. The van der Waals surface area contributed by atoms with Gasteiger partial charge in [0.2, 0.25) is 0 Å². The topological polar surface area (TPSA) is 36.9 Å². The van der Waals surface area contributed by atoms with Gasteiger partial charge in [-0.15, -0.1) is 0 Å². The predicted octanol–water partition coefficient (Wildman–Crippen LogP) is 9.06. The summed E-state index contributed by atoms with van der Waals surface area (Å²) in [5.41, 5.74) is 0. The van der Waals surface area contributed by atoms with Gasteiger partial charge in [0.1, 0.15) is 0 Å². The van der Waals surface area contributed by atoms with Gasteiger partial charge in [-0.3, -0.25) is 0 Å². The van der Waals surface area contributed by atoms with Crippen LogP contribution in [-0.4, -0.2) is 58.9 Å². The third-order valence-corrected chi connectivity index (χ3v) is 7.87. The van der Waals surface area contributed by atoms with E-state index in [0.717, 1.165) is 63.9 Å². The molecule has 1 radical (unpaired) electrons. The molecule has 0 aliphatic heterocycles. The van der Waals surface area contributed by atoms with Crippen molar-refractivity contribution in [2.45, 2.75) is 141 Å². The number of unbranched alkanes of at least 4 members (excludes halogenated alkanes) is 6. The molecular formula is C30H62CuLiO4. The van der Waals surface area contributed by atoms with Crippen molar-refractivity contribution in [2.75, 3.05) is 40.0 Å². The minimum absolute atomic E-state index is 0. The van der Waals surface area contributed by atoms with Crippen LogP contribution in [0.3, 0.4) is 0 Å². The normalized spacial score (nSPS) is 14.9. The third kappa shape index (κ3) is 29.5. The van der Waals surface area contributed by atoms with Gasteiger partial charge < -0.3 is 0 Å². The molecule has 0 aromatic heterocycles. The predicted molar refractivity (Wildman–Crippen MR) is 152 cm³/mol. The molecule has 0 fully saturated rings. The van der Waals surface area contributed by atoms with Crippen molar-refractivity contribution in [2.24, 2.45) is 11.8 Å². The van der Waals surface area contributed by atoms with Gasteiger partial charge in [-0.2, -0.15) is 0 Å². The molecule has 6 heteroatoms. The summed E-state index contributed by atoms with van der Waals surface area (Å²) in [4.78, 5) is 1.42. The van der Waals surface area contributed by atoms with Crippen LogP contribution in [0.2, 0.25) is 9.63 Å². The fourth-order valence-electron chi connectivity index (χ4n) is 4.34. The molecule has 0 aliphatic carbocycles. The first kappa shape index (κ1) is 39.1. The van der Waals surface area contributed by atoms with E-state index in [1.54, 1.807) is 0 Å². The monoisotopic (exact) mass is 556 g/mol. The maximum atomic E-state index is 5.64. The Morgan fingerprint density at radius 2 is 0.861 bits per heavy atom. The molecule has 218 valence electrons. The summed E-state index contributed by atoms with van der Waals surface area (Å²) in [6, 6.07) is 0. The van der Waals surface area contributed by atoms with E-state index in [9.17, 15) is 0 Å². The van der Waals surface area contributed by atoms with Crippen LogP contribution in [0.1, 0.15) is 131 Å². The Labute approximate surface area is 244 Å². The molecule has 4 atom stereocenters. The van der Waals surface area contributed by atoms with Gasteiger partial charge in [-0.05, 0) is 0 Å². The zero-order valence-corrected chi connectivity index (χ0v) is 26.3. The molecule has 0 amide bonds. The standard InChI is InChI=1S/2C15H31O2.Cu.Li/c2*1-4-6-7-8-12-16-14-17-13-9-11-15(3)10-5-2;;/h2*5,15H,4,6-14H2,1-3H3;;. The fourth-order valence-corrected chi connectivity index (χ4v) is 6.27. The smallest absolute Gasteiger partial charge is 0.0654 e. The van der Waals surface area contributed by atoms with Crippen molar-refractivity contribution in [3.8, 4) is 0 Å². The molecular weight excluding hydrogens is 495 g/mol. The van der Waals surface area contributed by atoms with Gasteiger partial charge in [0.25, 0.3) is 0 Å². The maximum absolute atomic E-state index is 5.64. The van der Waals surface area contributed by atoms with Crippen molar-refractivity contribution in [3.05, 3.63) is 0 Å². The van der Waals surface area contributed by atoms with Crippen LogP contribution in [-0.2, 0) is 33.9 Å². The Balaban J connectivity index is 0. The van der Waals surface area contributed by atoms with E-state index in [4.69, 9.17) is 18.9 Å². The van der Waals surface area contributed by atoms with E-state index < -0.39 is 0 Å². The molecule has 0 aliphatic rings. The van der Waals surface area contributed by atoms with E-state index in [-0.39, 0.29) is 18.9 Å². The zero-order chi connectivity index (χ0) is 26.0. The average molecular weight is 557 g/mol. The first-order valence-corrected chi connectivity index (χ1v) is 15.9. The molecule has 0 aromatic carbocycles. The summed E-state index contributed by atoms with van der Waals surface area (Å²) in [6.07, 6.45) is 17.3. The molecule has 4 unspecified atom stereocenters. The number of hydrogen-bond donors (Lipinski definition) is 0. The first-order chi connectivity index (χ1) is 17.0. The van der Waals surface area contributed by atoms with Crippen molar-refractivity contribution in [1.82, 2.24) is 0 Å². The molecule has 0 spiro atoms. The summed E-state index contributed by atoms with van der Waals surface area (Å²) in [5.74, 6) is 1.51. The SMILES string of the molecule is CCCCCCOCOCCCC(C)C[CH](C)[Cu][CH](C)CC(C)CCCOCOCCCCCC.[Li]. The molecule has 0 heterocycles. The Bertz CT molecular complexity index is 380. The van der Waals surface area contributed by atoms with Crippen LogP contribution in [0, 0.1) is 11.8 Å². The van der Waals surface area contributed by atoms with E-state index in [0.29, 0.717) is 23.2 Å². The van der Waals surface area contributed by atoms with Crippen LogP contribution in [0.15, 0.2) is 0 Å². The fraction of sp³-hybridized carbons (Fsp3) is 1.00. The molecule has 0 aromatic rings. The Morgan fingerprint density at radius 1 is 0.500 bits per heavy atom. The van der Waals surface area contributed by atoms with Gasteiger partial charge in [0.05, 0.1) is 0 Å². The second-order valence-electron chi connectivity index (χ2n) is 10.5. The summed E-state index contributed by atoms with van der Waals surface area (Å²) in [6.45, 7) is 18.3. The van der Waals surface area contributed by atoms with Crippen molar-refractivity contribution in [1.29, 1.82) is 0 Å². The number of rotatable bonds is 28. The Hall–Kier alpha value is 0.957. The quantitative estimate of drug-likeness (QED) is 0.0547. The Kier molecular flexibility index (Phi) is 33.1. The summed E-state index contributed by atoms with van der Waals surface area (Å²) < 4.78 is 22.4. The second kappa shape index (κ2) is 30.5. The van der Waals surface area contributed by atoms with E-state index in [2.05, 4.69) is 56.5 Å². The number of ether oxygens (including phenoxy) is 4. The minimum Gasteiger partial charge on any atom is -0.0654 e. The molecule has 36 heavy (non-hydrogen) atoms. The molecule has 0 N–H and O–H groups in total. The molecule has 0 bridgehead atoms. The van der Waals surface area contributed by atoms with Crippen LogP contribution in [0.25, 0.3) is 0 Å². The number of hydrogen-bond acceptors (Lipinski definition) is 4. The summed E-state index contributed by atoms with van der Waals surface area (Å²) in [5, 5.41) is 0. The van der Waals surface area contributed by atoms with Gasteiger partial charge in [-0.1, -0.05) is 39.5 Å². The molecule has 0 rings (SSSR count). The first-order valence-electron chi connectivity index (χ1n) is 14.8. The summed E-state index contributed by atoms with van der Waals surface area (Å²) >= 11 is 2.27. The van der Waals surface area contributed by atoms with Crippen LogP contribution in [0.5, 0.6) is 0 Å². The van der Waals surface area contributed by atoms with E-state index >= 15 is 0 Å². The van der Waals surface area contributed by atoms with Crippen LogP contribution < -0.4 is 0 Å². The zero-order valence-electron chi connectivity index (χ0n) is 25.4. The van der Waals surface area contributed by atoms with E-state index in [1.807, 2.05) is 0 Å². The molecule has 0 saturated carbocycles. The summed E-state index contributed by atoms with van der Waals surface area (Å²) in [7, 11) is 0. The van der Waals surface area contributed by atoms with Gasteiger partial charge in [0.15, 0.2) is 0 Å². The second-order valence-corrected chi connectivity index (χ2v) is 12.6. The van der Waals surface area contributed by atoms with Gasteiger partial charge >= 0.3 is 187 Å².